The molecule has 0 aromatic carbocycles. The Kier molecular flexibility index (Phi) is 3.62. The minimum atomic E-state index is 0.781. The number of thiophene rings is 1. The first-order valence-corrected chi connectivity index (χ1v) is 7.36. The molecule has 0 aliphatic carbocycles. The van der Waals surface area contributed by atoms with Crippen molar-refractivity contribution in [1.29, 1.82) is 0 Å². The number of anilines is 1. The molecule has 0 spiro atoms. The van der Waals surface area contributed by atoms with Crippen molar-refractivity contribution in [2.75, 3.05) is 5.43 Å². The van der Waals surface area contributed by atoms with Gasteiger partial charge in [-0.25, -0.2) is 4.98 Å². The van der Waals surface area contributed by atoms with Gasteiger partial charge in [-0.1, -0.05) is 12.1 Å². The fourth-order valence-corrected chi connectivity index (χ4v) is 2.90. The third-order valence-corrected chi connectivity index (χ3v) is 3.98. The van der Waals surface area contributed by atoms with Crippen molar-refractivity contribution in [3.8, 4) is 10.6 Å². The summed E-state index contributed by atoms with van der Waals surface area (Å²) in [5, 5.41) is 8.99. The van der Waals surface area contributed by atoms with Gasteiger partial charge in [-0.15, -0.1) is 22.7 Å². The van der Waals surface area contributed by atoms with Crippen molar-refractivity contribution in [2.45, 2.75) is 0 Å². The minimum Gasteiger partial charge on any atom is -0.264 e. The molecule has 0 atom stereocenters. The van der Waals surface area contributed by atoms with Gasteiger partial charge in [-0.2, -0.15) is 5.10 Å². The van der Waals surface area contributed by atoms with Gasteiger partial charge in [-0.3, -0.25) is 10.4 Å². The fraction of sp³-hybridized carbons (Fsp3) is 0. The summed E-state index contributed by atoms with van der Waals surface area (Å²) in [4.78, 5) is 9.66. The van der Waals surface area contributed by atoms with Crippen LogP contribution in [0.1, 0.15) is 5.56 Å². The smallest absolute Gasteiger partial charge is 0.203 e. The van der Waals surface area contributed by atoms with E-state index < -0.39 is 0 Å². The Morgan fingerprint density at radius 1 is 1.21 bits per heavy atom. The normalized spacial score (nSPS) is 10.9. The zero-order chi connectivity index (χ0) is 12.9. The van der Waals surface area contributed by atoms with Crippen LogP contribution in [0.15, 0.2) is 52.5 Å². The molecule has 0 fully saturated rings. The average molecular weight is 286 g/mol. The molecular weight excluding hydrogens is 276 g/mol. The summed E-state index contributed by atoms with van der Waals surface area (Å²) in [5.74, 6) is 0. The Hall–Kier alpha value is -2.05. The van der Waals surface area contributed by atoms with Crippen molar-refractivity contribution < 1.29 is 0 Å². The second-order valence-electron chi connectivity index (χ2n) is 3.67. The molecule has 0 aliphatic rings. The van der Waals surface area contributed by atoms with E-state index in [2.05, 4.69) is 26.6 Å². The largest absolute Gasteiger partial charge is 0.264 e. The highest BCUT2D eigenvalue weighted by atomic mass is 32.1. The molecule has 3 aromatic heterocycles. The summed E-state index contributed by atoms with van der Waals surface area (Å²) in [6.07, 6.45) is 5.21. The predicted molar refractivity (Wildman–Crippen MR) is 80.9 cm³/mol. The first-order chi connectivity index (χ1) is 9.42. The Morgan fingerprint density at radius 3 is 3.00 bits per heavy atom. The van der Waals surface area contributed by atoms with Crippen LogP contribution < -0.4 is 5.43 Å². The van der Waals surface area contributed by atoms with Crippen molar-refractivity contribution in [1.82, 2.24) is 9.97 Å². The monoisotopic (exact) mass is 286 g/mol. The van der Waals surface area contributed by atoms with Gasteiger partial charge in [0.05, 0.1) is 16.8 Å². The summed E-state index contributed by atoms with van der Waals surface area (Å²) < 4.78 is 0. The SMILES string of the molecule is C(=N/Nc1nc(-c2cccs2)cs1)/c1cccnc1. The zero-order valence-corrected chi connectivity index (χ0v) is 11.5. The van der Waals surface area contributed by atoms with Crippen LogP contribution in [0, 0.1) is 0 Å². The lowest BCUT2D eigenvalue weighted by atomic mass is 10.3. The number of aromatic nitrogens is 2. The van der Waals surface area contributed by atoms with Gasteiger partial charge < -0.3 is 0 Å². The lowest BCUT2D eigenvalue weighted by Crippen LogP contribution is -1.90. The molecule has 0 saturated carbocycles. The third-order valence-electron chi connectivity index (χ3n) is 2.34. The van der Waals surface area contributed by atoms with Crippen LogP contribution in [-0.2, 0) is 0 Å². The van der Waals surface area contributed by atoms with E-state index in [0.717, 1.165) is 16.4 Å². The van der Waals surface area contributed by atoms with Crippen molar-refractivity contribution in [2.24, 2.45) is 5.10 Å². The highest BCUT2D eigenvalue weighted by molar-refractivity contribution is 7.15. The number of hydrazone groups is 1. The van der Waals surface area contributed by atoms with Gasteiger partial charge in [0.25, 0.3) is 0 Å². The molecule has 19 heavy (non-hydrogen) atoms. The summed E-state index contributed by atoms with van der Waals surface area (Å²) >= 11 is 3.22. The molecule has 94 valence electrons. The standard InChI is InChI=1S/C13H10N4S2/c1-3-10(7-14-5-1)8-15-17-13-16-11(9-19-13)12-4-2-6-18-12/h1-9H,(H,16,17)/b15-8-. The van der Waals surface area contributed by atoms with E-state index in [-0.39, 0.29) is 0 Å². The van der Waals surface area contributed by atoms with E-state index >= 15 is 0 Å². The molecule has 3 rings (SSSR count). The van der Waals surface area contributed by atoms with E-state index in [1.54, 1.807) is 29.9 Å². The van der Waals surface area contributed by atoms with Crippen molar-refractivity contribution in [3.05, 3.63) is 53.0 Å². The van der Waals surface area contributed by atoms with Gasteiger partial charge in [-0.05, 0) is 17.5 Å². The Balaban J connectivity index is 1.67. The highest BCUT2D eigenvalue weighted by Crippen LogP contribution is 2.28. The molecule has 1 N–H and O–H groups in total. The second kappa shape index (κ2) is 5.73. The highest BCUT2D eigenvalue weighted by Gasteiger charge is 2.03. The maximum absolute atomic E-state index is 4.47. The van der Waals surface area contributed by atoms with Crippen LogP contribution in [0.25, 0.3) is 10.6 Å². The van der Waals surface area contributed by atoms with Crippen LogP contribution >= 0.6 is 22.7 Å². The Morgan fingerprint density at radius 2 is 2.21 bits per heavy atom. The number of hydrogen-bond donors (Lipinski definition) is 1. The molecule has 0 bridgehead atoms. The van der Waals surface area contributed by atoms with Gasteiger partial charge in [0, 0.05) is 23.3 Å². The number of rotatable bonds is 4. The molecule has 3 aromatic rings. The maximum atomic E-state index is 4.47. The maximum Gasteiger partial charge on any atom is 0.203 e. The zero-order valence-electron chi connectivity index (χ0n) is 9.85. The van der Waals surface area contributed by atoms with E-state index in [9.17, 15) is 0 Å². The molecule has 0 amide bonds. The lowest BCUT2D eigenvalue weighted by Gasteiger charge is -1.93. The number of thiazole rings is 1. The lowest BCUT2D eigenvalue weighted by molar-refractivity contribution is 1.28. The van der Waals surface area contributed by atoms with Crippen LogP contribution in [-0.4, -0.2) is 16.2 Å². The molecule has 0 unspecified atom stereocenters. The minimum absolute atomic E-state index is 0.781. The van der Waals surface area contributed by atoms with Crippen molar-refractivity contribution >= 4 is 34.0 Å². The summed E-state index contributed by atoms with van der Waals surface area (Å²) in [6, 6.07) is 7.90. The Labute approximate surface area is 118 Å². The van der Waals surface area contributed by atoms with Gasteiger partial charge in [0.2, 0.25) is 5.13 Å². The summed E-state index contributed by atoms with van der Waals surface area (Å²) in [7, 11) is 0. The number of nitrogens with one attached hydrogen (secondary N) is 1. The molecule has 0 saturated heterocycles. The summed E-state index contributed by atoms with van der Waals surface area (Å²) in [6.45, 7) is 0. The molecule has 0 aliphatic heterocycles. The quantitative estimate of drug-likeness (QED) is 0.587. The first kappa shape index (κ1) is 12.0. The molecule has 0 radical (unpaired) electrons. The van der Waals surface area contributed by atoms with Crippen molar-refractivity contribution in [3.63, 3.8) is 0 Å². The van der Waals surface area contributed by atoms with Gasteiger partial charge in [0.1, 0.15) is 0 Å². The number of hydrogen-bond acceptors (Lipinski definition) is 6. The average Bonchev–Trinajstić information content (AvgIpc) is 3.10. The van der Waals surface area contributed by atoms with E-state index in [1.165, 1.54) is 16.2 Å². The van der Waals surface area contributed by atoms with E-state index in [0.29, 0.717) is 0 Å². The predicted octanol–water partition coefficient (Wildman–Crippen LogP) is 3.71. The third kappa shape index (κ3) is 3.04. The fourth-order valence-electron chi connectivity index (χ4n) is 1.48. The van der Waals surface area contributed by atoms with E-state index in [1.807, 2.05) is 29.0 Å². The molecule has 3 heterocycles. The van der Waals surface area contributed by atoms with Crippen LogP contribution in [0.3, 0.4) is 0 Å². The van der Waals surface area contributed by atoms with Gasteiger partial charge in [0.15, 0.2) is 0 Å². The van der Waals surface area contributed by atoms with Crippen LogP contribution in [0.2, 0.25) is 0 Å². The first-order valence-electron chi connectivity index (χ1n) is 5.60. The summed E-state index contributed by atoms with van der Waals surface area (Å²) in [5.41, 5.74) is 4.86. The topological polar surface area (TPSA) is 50.2 Å². The molecule has 4 nitrogen and oxygen atoms in total. The number of nitrogens with zero attached hydrogens (tertiary/aromatic N) is 3. The second-order valence-corrected chi connectivity index (χ2v) is 5.48. The van der Waals surface area contributed by atoms with Crippen LogP contribution in [0.4, 0.5) is 5.13 Å². The van der Waals surface area contributed by atoms with E-state index in [4.69, 9.17) is 0 Å². The van der Waals surface area contributed by atoms with Gasteiger partial charge >= 0.3 is 0 Å². The van der Waals surface area contributed by atoms with Crippen LogP contribution in [0.5, 0.6) is 0 Å². The number of pyridine rings is 1. The molecule has 6 heteroatoms. The Bertz CT molecular complexity index is 659. The molecular formula is C13H10N4S2.